The Kier molecular flexibility index (Phi) is 5.98. The van der Waals surface area contributed by atoms with Crippen LogP contribution >= 0.6 is 11.6 Å². The minimum Gasteiger partial charge on any atom is -0.497 e. The second kappa shape index (κ2) is 8.39. The SMILES string of the molecule is COc1ccc(C2CCC(NC(=O)Cc3ccc(Cl)cc3)CC2)cc1. The van der Waals surface area contributed by atoms with Gasteiger partial charge in [-0.15, -0.1) is 0 Å². The van der Waals surface area contributed by atoms with Gasteiger partial charge in [-0.2, -0.15) is 0 Å². The van der Waals surface area contributed by atoms with E-state index in [0.717, 1.165) is 37.0 Å². The Morgan fingerprint density at radius 1 is 1.04 bits per heavy atom. The van der Waals surface area contributed by atoms with Crippen molar-refractivity contribution in [2.24, 2.45) is 0 Å². The third-order valence-corrected chi connectivity index (χ3v) is 5.21. The molecule has 4 heteroatoms. The summed E-state index contributed by atoms with van der Waals surface area (Å²) in [5.41, 5.74) is 2.36. The minimum absolute atomic E-state index is 0.0928. The zero-order valence-corrected chi connectivity index (χ0v) is 15.3. The summed E-state index contributed by atoms with van der Waals surface area (Å²) in [5.74, 6) is 1.57. The predicted octanol–water partition coefficient (Wildman–Crippen LogP) is 4.73. The molecule has 2 aromatic rings. The topological polar surface area (TPSA) is 38.3 Å². The molecule has 1 aliphatic carbocycles. The molecule has 2 aromatic carbocycles. The standard InChI is InChI=1S/C21H24ClNO2/c1-25-20-12-6-17(7-13-20)16-4-10-19(11-5-16)23-21(24)14-15-2-8-18(22)9-3-15/h2-3,6-9,12-13,16,19H,4-5,10-11,14H2,1H3,(H,23,24). The summed E-state index contributed by atoms with van der Waals surface area (Å²) in [6.07, 6.45) is 4.69. The highest BCUT2D eigenvalue weighted by atomic mass is 35.5. The van der Waals surface area contributed by atoms with Crippen molar-refractivity contribution in [1.29, 1.82) is 0 Å². The van der Waals surface area contributed by atoms with Crippen LogP contribution in [0.25, 0.3) is 0 Å². The highest BCUT2D eigenvalue weighted by molar-refractivity contribution is 6.30. The Morgan fingerprint density at radius 3 is 2.28 bits per heavy atom. The van der Waals surface area contributed by atoms with E-state index < -0.39 is 0 Å². The molecule has 0 atom stereocenters. The van der Waals surface area contributed by atoms with Gasteiger partial charge in [0.25, 0.3) is 0 Å². The summed E-state index contributed by atoms with van der Waals surface area (Å²) in [4.78, 5) is 12.2. The summed E-state index contributed by atoms with van der Waals surface area (Å²) >= 11 is 5.88. The molecule has 0 aliphatic heterocycles. The second-order valence-corrected chi connectivity index (χ2v) is 7.13. The largest absolute Gasteiger partial charge is 0.497 e. The molecule has 0 saturated heterocycles. The molecule has 3 nitrogen and oxygen atoms in total. The van der Waals surface area contributed by atoms with Crippen LogP contribution in [0.5, 0.6) is 5.75 Å². The Hall–Kier alpha value is -2.00. The maximum atomic E-state index is 12.2. The normalized spacial score (nSPS) is 20.1. The molecule has 1 N–H and O–H groups in total. The van der Waals surface area contributed by atoms with E-state index in [0.29, 0.717) is 17.4 Å². The molecule has 0 radical (unpaired) electrons. The van der Waals surface area contributed by atoms with Gasteiger partial charge in [0.15, 0.2) is 0 Å². The van der Waals surface area contributed by atoms with E-state index in [1.54, 1.807) is 7.11 Å². The van der Waals surface area contributed by atoms with Crippen LogP contribution in [-0.2, 0) is 11.2 Å². The van der Waals surface area contributed by atoms with Crippen molar-refractivity contribution >= 4 is 17.5 Å². The van der Waals surface area contributed by atoms with Crippen LogP contribution in [0.15, 0.2) is 48.5 Å². The van der Waals surface area contributed by atoms with Gasteiger partial charge >= 0.3 is 0 Å². The first kappa shape index (κ1) is 17.8. The van der Waals surface area contributed by atoms with Gasteiger partial charge in [-0.1, -0.05) is 35.9 Å². The van der Waals surface area contributed by atoms with Crippen LogP contribution in [-0.4, -0.2) is 19.1 Å². The van der Waals surface area contributed by atoms with E-state index in [1.165, 1.54) is 5.56 Å². The van der Waals surface area contributed by atoms with Crippen LogP contribution in [0.1, 0.15) is 42.7 Å². The second-order valence-electron chi connectivity index (χ2n) is 6.69. The van der Waals surface area contributed by atoms with Gasteiger partial charge in [0.1, 0.15) is 5.75 Å². The predicted molar refractivity (Wildman–Crippen MR) is 101 cm³/mol. The highest BCUT2D eigenvalue weighted by Crippen LogP contribution is 2.33. The van der Waals surface area contributed by atoms with Crippen molar-refractivity contribution in [3.63, 3.8) is 0 Å². The van der Waals surface area contributed by atoms with Gasteiger partial charge in [-0.3, -0.25) is 4.79 Å². The first-order chi connectivity index (χ1) is 12.1. The van der Waals surface area contributed by atoms with Gasteiger partial charge < -0.3 is 10.1 Å². The molecule has 1 aliphatic rings. The number of benzene rings is 2. The lowest BCUT2D eigenvalue weighted by atomic mass is 9.81. The lowest BCUT2D eigenvalue weighted by Crippen LogP contribution is -2.38. The number of hydrogen-bond donors (Lipinski definition) is 1. The van der Waals surface area contributed by atoms with Gasteiger partial charge in [0.2, 0.25) is 5.91 Å². The smallest absolute Gasteiger partial charge is 0.224 e. The molecule has 1 fully saturated rings. The number of nitrogens with one attached hydrogen (secondary N) is 1. The molecular weight excluding hydrogens is 334 g/mol. The number of rotatable bonds is 5. The first-order valence-corrected chi connectivity index (χ1v) is 9.19. The molecule has 3 rings (SSSR count). The minimum atomic E-state index is 0.0928. The van der Waals surface area contributed by atoms with Crippen molar-refractivity contribution in [2.75, 3.05) is 7.11 Å². The van der Waals surface area contributed by atoms with Crippen molar-refractivity contribution in [1.82, 2.24) is 5.32 Å². The quantitative estimate of drug-likeness (QED) is 0.839. The third-order valence-electron chi connectivity index (χ3n) is 4.96. The summed E-state index contributed by atoms with van der Waals surface area (Å²) in [6.45, 7) is 0. The van der Waals surface area contributed by atoms with E-state index in [-0.39, 0.29) is 11.9 Å². The Bertz CT molecular complexity index is 689. The monoisotopic (exact) mass is 357 g/mol. The van der Waals surface area contributed by atoms with Crippen molar-refractivity contribution in [3.8, 4) is 5.75 Å². The number of amides is 1. The molecule has 0 spiro atoms. The molecule has 0 heterocycles. The van der Waals surface area contributed by atoms with E-state index in [1.807, 2.05) is 36.4 Å². The maximum absolute atomic E-state index is 12.2. The molecule has 1 amide bonds. The van der Waals surface area contributed by atoms with Gasteiger partial charge in [-0.25, -0.2) is 0 Å². The van der Waals surface area contributed by atoms with Gasteiger partial charge in [-0.05, 0) is 67.0 Å². The lowest BCUT2D eigenvalue weighted by molar-refractivity contribution is -0.121. The summed E-state index contributed by atoms with van der Waals surface area (Å²) in [6, 6.07) is 16.1. The molecule has 1 saturated carbocycles. The average molecular weight is 358 g/mol. The average Bonchev–Trinajstić information content (AvgIpc) is 2.64. The number of carbonyl (C=O) groups is 1. The Balaban J connectivity index is 1.46. The van der Waals surface area contributed by atoms with Gasteiger partial charge in [0.05, 0.1) is 13.5 Å². The van der Waals surface area contributed by atoms with E-state index in [9.17, 15) is 4.79 Å². The number of halogens is 1. The number of carbonyl (C=O) groups excluding carboxylic acids is 1. The van der Waals surface area contributed by atoms with Crippen LogP contribution < -0.4 is 10.1 Å². The number of ether oxygens (including phenoxy) is 1. The van der Waals surface area contributed by atoms with Crippen LogP contribution in [0.3, 0.4) is 0 Å². The van der Waals surface area contributed by atoms with E-state index >= 15 is 0 Å². The molecule has 0 bridgehead atoms. The molecular formula is C21H24ClNO2. The van der Waals surface area contributed by atoms with Crippen LogP contribution in [0, 0.1) is 0 Å². The fraction of sp³-hybridized carbons (Fsp3) is 0.381. The highest BCUT2D eigenvalue weighted by Gasteiger charge is 2.23. The fourth-order valence-corrected chi connectivity index (χ4v) is 3.64. The summed E-state index contributed by atoms with van der Waals surface area (Å²) in [7, 11) is 1.69. The first-order valence-electron chi connectivity index (χ1n) is 8.82. The van der Waals surface area contributed by atoms with Crippen LogP contribution in [0.2, 0.25) is 5.02 Å². The molecule has 0 unspecified atom stereocenters. The maximum Gasteiger partial charge on any atom is 0.224 e. The van der Waals surface area contributed by atoms with E-state index in [2.05, 4.69) is 17.4 Å². The zero-order valence-electron chi connectivity index (χ0n) is 14.5. The molecule has 132 valence electrons. The van der Waals surface area contributed by atoms with Gasteiger partial charge in [0, 0.05) is 11.1 Å². The molecule has 0 aromatic heterocycles. The third kappa shape index (κ3) is 4.99. The van der Waals surface area contributed by atoms with Crippen molar-refractivity contribution in [3.05, 3.63) is 64.7 Å². The Labute approximate surface area is 154 Å². The number of hydrogen-bond acceptors (Lipinski definition) is 2. The lowest BCUT2D eigenvalue weighted by Gasteiger charge is -2.29. The number of methoxy groups -OCH3 is 1. The van der Waals surface area contributed by atoms with Crippen molar-refractivity contribution < 1.29 is 9.53 Å². The van der Waals surface area contributed by atoms with E-state index in [4.69, 9.17) is 16.3 Å². The molecule has 25 heavy (non-hydrogen) atoms. The Morgan fingerprint density at radius 2 is 1.68 bits per heavy atom. The summed E-state index contributed by atoms with van der Waals surface area (Å²) in [5, 5.41) is 3.88. The summed E-state index contributed by atoms with van der Waals surface area (Å²) < 4.78 is 5.22. The van der Waals surface area contributed by atoms with Crippen molar-refractivity contribution in [2.45, 2.75) is 44.1 Å². The fourth-order valence-electron chi connectivity index (χ4n) is 3.51. The zero-order chi connectivity index (χ0) is 17.6. The van der Waals surface area contributed by atoms with Crippen LogP contribution in [0.4, 0.5) is 0 Å².